The number of fused-ring (bicyclic) bond motifs is 1. The molecule has 0 saturated carbocycles. The van der Waals surface area contributed by atoms with Crippen LogP contribution in [0.1, 0.15) is 45.6 Å². The van der Waals surface area contributed by atoms with Gasteiger partial charge < -0.3 is 9.64 Å². The maximum atomic E-state index is 5.57. The first-order valence-electron chi connectivity index (χ1n) is 11.9. The van der Waals surface area contributed by atoms with Crippen molar-refractivity contribution in [2.75, 3.05) is 38.2 Å². The molecule has 1 fully saturated rings. The third kappa shape index (κ3) is 4.05. The lowest BCUT2D eigenvalue weighted by Crippen LogP contribution is -2.51. The van der Waals surface area contributed by atoms with Gasteiger partial charge in [-0.15, -0.1) is 0 Å². The zero-order valence-electron chi connectivity index (χ0n) is 20.4. The third-order valence-corrected chi connectivity index (χ3v) is 7.50. The summed E-state index contributed by atoms with van der Waals surface area (Å²) in [6.45, 7) is 13.3. The quantitative estimate of drug-likeness (QED) is 0.422. The van der Waals surface area contributed by atoms with E-state index in [2.05, 4.69) is 52.7 Å². The zero-order chi connectivity index (χ0) is 23.8. The van der Waals surface area contributed by atoms with Gasteiger partial charge in [-0.05, 0) is 31.9 Å². The topological polar surface area (TPSA) is 87.5 Å². The minimum absolute atomic E-state index is 0.255. The Bertz CT molecular complexity index is 1280. The Kier molecular flexibility index (Phi) is 6.26. The Balaban J connectivity index is 1.48. The Morgan fingerprint density at radius 2 is 2.12 bits per heavy atom. The molecule has 5 rings (SSSR count). The molecule has 0 aromatic carbocycles. The number of thiazole rings is 1. The van der Waals surface area contributed by atoms with Gasteiger partial charge in [-0.2, -0.15) is 10.2 Å². The average molecular weight is 481 g/mol. The molecule has 5 heterocycles. The molecule has 0 amide bonds. The number of nitrogens with one attached hydrogen (secondary N) is 1. The minimum Gasteiger partial charge on any atom is -0.493 e. The van der Waals surface area contributed by atoms with Crippen molar-refractivity contribution >= 4 is 22.0 Å². The molecule has 1 aliphatic heterocycles. The fourth-order valence-corrected chi connectivity index (χ4v) is 5.92. The van der Waals surface area contributed by atoms with Crippen LogP contribution in [-0.2, 0) is 0 Å². The first kappa shape index (κ1) is 22.8. The maximum Gasteiger partial charge on any atom is 0.197 e. The van der Waals surface area contributed by atoms with Crippen molar-refractivity contribution in [2.24, 2.45) is 0 Å². The van der Waals surface area contributed by atoms with Crippen LogP contribution in [0.25, 0.3) is 27.6 Å². The average Bonchev–Trinajstić information content (AvgIpc) is 3.57. The van der Waals surface area contributed by atoms with E-state index in [0.717, 1.165) is 47.2 Å². The second kappa shape index (κ2) is 9.34. The predicted octanol–water partition coefficient (Wildman–Crippen LogP) is 4.30. The summed E-state index contributed by atoms with van der Waals surface area (Å²) in [4.78, 5) is 14.1. The second-order valence-electron chi connectivity index (χ2n) is 9.19. The first-order chi connectivity index (χ1) is 16.5. The number of aromatic amines is 1. The highest BCUT2D eigenvalue weighted by Gasteiger charge is 2.27. The van der Waals surface area contributed by atoms with Crippen LogP contribution in [0.2, 0.25) is 0 Å². The summed E-state index contributed by atoms with van der Waals surface area (Å²) in [5.74, 6) is 0.929. The minimum atomic E-state index is 0.255. The Morgan fingerprint density at radius 3 is 2.85 bits per heavy atom. The molecular weight excluding hydrogens is 448 g/mol. The van der Waals surface area contributed by atoms with E-state index in [1.807, 2.05) is 18.5 Å². The zero-order valence-corrected chi connectivity index (χ0v) is 21.3. The largest absolute Gasteiger partial charge is 0.493 e. The van der Waals surface area contributed by atoms with Crippen LogP contribution in [0.4, 0.5) is 5.00 Å². The van der Waals surface area contributed by atoms with Crippen LogP contribution < -0.4 is 9.64 Å². The number of H-pyrrole nitrogens is 1. The van der Waals surface area contributed by atoms with Gasteiger partial charge in [0.1, 0.15) is 22.0 Å². The number of hydrogen-bond acceptors (Lipinski definition) is 8. The Morgan fingerprint density at radius 1 is 1.26 bits per heavy atom. The van der Waals surface area contributed by atoms with E-state index in [0.29, 0.717) is 17.4 Å². The van der Waals surface area contributed by atoms with Crippen LogP contribution in [0.5, 0.6) is 5.75 Å². The van der Waals surface area contributed by atoms with Gasteiger partial charge in [-0.25, -0.2) is 14.5 Å². The number of methoxy groups -OCH3 is 1. The number of aromatic nitrogens is 6. The van der Waals surface area contributed by atoms with Crippen molar-refractivity contribution in [3.8, 4) is 27.7 Å². The van der Waals surface area contributed by atoms with Crippen LogP contribution in [0.15, 0.2) is 24.8 Å². The summed E-state index contributed by atoms with van der Waals surface area (Å²) in [7, 11) is 1.65. The molecule has 1 unspecified atom stereocenters. The predicted molar refractivity (Wildman–Crippen MR) is 136 cm³/mol. The van der Waals surface area contributed by atoms with Gasteiger partial charge in [0.05, 0.1) is 19.0 Å². The molecule has 0 radical (unpaired) electrons. The molecule has 10 heteroatoms. The number of hydrogen-bond donors (Lipinski definition) is 1. The summed E-state index contributed by atoms with van der Waals surface area (Å²) >= 11 is 1.72. The molecule has 4 aromatic heterocycles. The highest BCUT2D eigenvalue weighted by molar-refractivity contribution is 7.18. The molecular formula is C24H32N8OS. The van der Waals surface area contributed by atoms with Gasteiger partial charge in [0.15, 0.2) is 11.4 Å². The molecule has 0 aliphatic carbocycles. The molecule has 34 heavy (non-hydrogen) atoms. The number of anilines is 1. The van der Waals surface area contributed by atoms with Crippen LogP contribution >= 0.6 is 11.3 Å². The maximum absolute atomic E-state index is 5.57. The number of nitrogens with zero attached hydrogens (tertiary/aromatic N) is 7. The monoisotopic (exact) mass is 480 g/mol. The van der Waals surface area contributed by atoms with Gasteiger partial charge in [-0.1, -0.05) is 32.1 Å². The molecule has 4 aromatic rings. The van der Waals surface area contributed by atoms with Crippen LogP contribution in [-0.4, -0.2) is 74.0 Å². The second-order valence-corrected chi connectivity index (χ2v) is 10.2. The van der Waals surface area contributed by atoms with Crippen LogP contribution in [0, 0.1) is 0 Å². The molecule has 0 bridgehead atoms. The van der Waals surface area contributed by atoms with E-state index in [1.54, 1.807) is 23.0 Å². The number of piperazine rings is 1. The van der Waals surface area contributed by atoms with Crippen molar-refractivity contribution < 1.29 is 4.74 Å². The number of rotatable bonds is 7. The Hall–Kier alpha value is -2.98. The fourth-order valence-electron chi connectivity index (χ4n) is 4.87. The van der Waals surface area contributed by atoms with Gasteiger partial charge in [0, 0.05) is 43.0 Å². The standard InChI is InChI=1S/C24H32N8OS/c1-6-7-30-8-9-31(16(4)12-30)19-11-25-24(34-19)22-20(15(2)3)21(28-29-22)17-10-18(33-5)23-26-14-27-32(23)13-17/h10-11,13-16H,6-9,12H2,1-5H3,(H,28,29). The van der Waals surface area contributed by atoms with Gasteiger partial charge >= 0.3 is 0 Å². The Labute approximate surface area is 203 Å². The normalized spacial score (nSPS) is 17.2. The third-order valence-electron chi connectivity index (χ3n) is 6.46. The van der Waals surface area contributed by atoms with Crippen molar-refractivity contribution in [3.63, 3.8) is 0 Å². The van der Waals surface area contributed by atoms with Crippen molar-refractivity contribution in [1.29, 1.82) is 0 Å². The molecule has 1 saturated heterocycles. The highest BCUT2D eigenvalue weighted by Crippen LogP contribution is 2.40. The summed E-state index contributed by atoms with van der Waals surface area (Å²) in [5, 5.41) is 14.5. The summed E-state index contributed by atoms with van der Waals surface area (Å²) < 4.78 is 7.30. The SMILES string of the molecule is CCCN1CCN(c2cnc(-c3n[nH]c(-c4cc(OC)c5ncnn5c4)c3C(C)C)s2)C(C)C1. The van der Waals surface area contributed by atoms with Gasteiger partial charge in [0.25, 0.3) is 0 Å². The summed E-state index contributed by atoms with van der Waals surface area (Å²) in [6.07, 6.45) is 6.70. The van der Waals surface area contributed by atoms with Crippen molar-refractivity contribution in [2.45, 2.75) is 46.1 Å². The highest BCUT2D eigenvalue weighted by atomic mass is 32.1. The number of ether oxygens (including phenoxy) is 1. The van der Waals surface area contributed by atoms with E-state index < -0.39 is 0 Å². The summed E-state index contributed by atoms with van der Waals surface area (Å²) in [6, 6.07) is 2.45. The van der Waals surface area contributed by atoms with E-state index in [4.69, 9.17) is 14.8 Å². The van der Waals surface area contributed by atoms with Gasteiger partial charge in [0.2, 0.25) is 0 Å². The molecule has 0 spiro atoms. The van der Waals surface area contributed by atoms with Crippen molar-refractivity contribution in [1.82, 2.24) is 34.7 Å². The molecule has 1 aliphatic rings. The smallest absolute Gasteiger partial charge is 0.197 e. The van der Waals surface area contributed by atoms with E-state index in [-0.39, 0.29) is 5.92 Å². The lowest BCUT2D eigenvalue weighted by Gasteiger charge is -2.40. The molecule has 1 atom stereocenters. The van der Waals surface area contributed by atoms with E-state index >= 15 is 0 Å². The van der Waals surface area contributed by atoms with E-state index in [9.17, 15) is 0 Å². The lowest BCUT2D eigenvalue weighted by atomic mass is 9.97. The molecule has 180 valence electrons. The molecule has 1 N–H and O–H groups in total. The lowest BCUT2D eigenvalue weighted by molar-refractivity contribution is 0.230. The first-order valence-corrected chi connectivity index (χ1v) is 12.7. The number of pyridine rings is 1. The van der Waals surface area contributed by atoms with Crippen LogP contribution in [0.3, 0.4) is 0 Å². The van der Waals surface area contributed by atoms with E-state index in [1.165, 1.54) is 24.3 Å². The van der Waals surface area contributed by atoms with Crippen molar-refractivity contribution in [3.05, 3.63) is 30.4 Å². The fraction of sp³-hybridized carbons (Fsp3) is 0.500. The molecule has 9 nitrogen and oxygen atoms in total. The van der Waals surface area contributed by atoms with Gasteiger partial charge in [-0.3, -0.25) is 10.00 Å². The summed E-state index contributed by atoms with van der Waals surface area (Å²) in [5.41, 5.74) is 4.66.